The number of fused-ring (bicyclic) bond motifs is 1. The van der Waals surface area contributed by atoms with E-state index in [2.05, 4.69) is 23.6 Å². The van der Waals surface area contributed by atoms with Gasteiger partial charge in [-0.1, -0.05) is 54.6 Å². The zero-order valence-corrected chi connectivity index (χ0v) is 17.1. The summed E-state index contributed by atoms with van der Waals surface area (Å²) in [7, 11) is 0. The van der Waals surface area contributed by atoms with Gasteiger partial charge in [-0.15, -0.1) is 11.3 Å². The molecular formula is C26H20FNOS. The summed E-state index contributed by atoms with van der Waals surface area (Å²) >= 11 is 1.72. The molecule has 2 heterocycles. The number of halogens is 1. The van der Waals surface area contributed by atoms with Gasteiger partial charge in [-0.05, 0) is 64.4 Å². The Morgan fingerprint density at radius 2 is 1.57 bits per heavy atom. The Balaban J connectivity index is 1.48. The number of benzene rings is 3. The highest BCUT2D eigenvalue weighted by Gasteiger charge is 2.33. The summed E-state index contributed by atoms with van der Waals surface area (Å²) in [5, 5.41) is 2.07. The Hall–Kier alpha value is -3.24. The van der Waals surface area contributed by atoms with Gasteiger partial charge in [-0.2, -0.15) is 0 Å². The van der Waals surface area contributed by atoms with Crippen molar-refractivity contribution in [2.45, 2.75) is 12.5 Å². The van der Waals surface area contributed by atoms with Crippen LogP contribution in [0.2, 0.25) is 0 Å². The standard InChI is InChI=1S/C26H20FNOS/c27-22-12-10-20(11-13-22)25-23-15-17-30-24(23)14-16-28(25)26(29)21-8-6-19(7-9-21)18-4-2-1-3-5-18/h1-13,15,17,25H,14,16H2. The molecule has 1 aromatic heterocycles. The number of hydrogen-bond acceptors (Lipinski definition) is 2. The molecule has 148 valence electrons. The van der Waals surface area contributed by atoms with Crippen molar-refractivity contribution in [2.24, 2.45) is 0 Å². The SMILES string of the molecule is O=C(c1ccc(-c2ccccc2)cc1)N1CCc2sccc2C1c1ccc(F)cc1. The van der Waals surface area contributed by atoms with Gasteiger partial charge in [0.25, 0.3) is 5.91 Å². The van der Waals surface area contributed by atoms with Crippen LogP contribution in [-0.4, -0.2) is 17.4 Å². The van der Waals surface area contributed by atoms with Crippen molar-refractivity contribution in [3.8, 4) is 11.1 Å². The molecule has 2 nitrogen and oxygen atoms in total. The Labute approximate surface area is 179 Å². The Kier molecular flexibility index (Phi) is 4.93. The minimum absolute atomic E-state index is 0.000728. The molecule has 4 aromatic rings. The molecule has 0 saturated carbocycles. The van der Waals surface area contributed by atoms with E-state index in [9.17, 15) is 9.18 Å². The number of carbonyl (C=O) groups is 1. The Bertz CT molecular complexity index is 1170. The van der Waals surface area contributed by atoms with Crippen LogP contribution in [0, 0.1) is 5.82 Å². The summed E-state index contributed by atoms with van der Waals surface area (Å²) < 4.78 is 13.5. The lowest BCUT2D eigenvalue weighted by molar-refractivity contribution is 0.0696. The highest BCUT2D eigenvalue weighted by molar-refractivity contribution is 7.10. The van der Waals surface area contributed by atoms with E-state index in [1.807, 2.05) is 47.4 Å². The van der Waals surface area contributed by atoms with Gasteiger partial charge in [0.1, 0.15) is 5.82 Å². The molecule has 1 aliphatic heterocycles. The first-order valence-corrected chi connectivity index (χ1v) is 10.9. The molecule has 0 saturated heterocycles. The van der Waals surface area contributed by atoms with Gasteiger partial charge in [0.05, 0.1) is 6.04 Å². The van der Waals surface area contributed by atoms with Gasteiger partial charge in [-0.3, -0.25) is 4.79 Å². The average molecular weight is 414 g/mol. The third-order valence-corrected chi connectivity index (χ3v) is 6.65. The fourth-order valence-corrected chi connectivity index (χ4v) is 5.05. The first kappa shape index (κ1) is 18.8. The molecule has 1 unspecified atom stereocenters. The predicted octanol–water partition coefficient (Wildman–Crippen LogP) is 6.34. The normalized spacial score (nSPS) is 15.6. The van der Waals surface area contributed by atoms with Gasteiger partial charge < -0.3 is 4.90 Å². The van der Waals surface area contributed by atoms with E-state index in [-0.39, 0.29) is 17.8 Å². The van der Waals surface area contributed by atoms with Crippen molar-refractivity contribution in [2.75, 3.05) is 6.54 Å². The van der Waals surface area contributed by atoms with Gasteiger partial charge in [-0.25, -0.2) is 4.39 Å². The van der Waals surface area contributed by atoms with Gasteiger partial charge in [0, 0.05) is 17.0 Å². The van der Waals surface area contributed by atoms with Crippen LogP contribution in [0.15, 0.2) is 90.3 Å². The average Bonchev–Trinajstić information content (AvgIpc) is 3.28. The molecular weight excluding hydrogens is 393 g/mol. The quantitative estimate of drug-likeness (QED) is 0.384. The van der Waals surface area contributed by atoms with Crippen LogP contribution in [0.3, 0.4) is 0 Å². The smallest absolute Gasteiger partial charge is 0.254 e. The summed E-state index contributed by atoms with van der Waals surface area (Å²) in [6, 6.07) is 26.3. The second-order valence-electron chi connectivity index (χ2n) is 7.45. The lowest BCUT2D eigenvalue weighted by atomic mass is 9.92. The van der Waals surface area contributed by atoms with Crippen LogP contribution in [-0.2, 0) is 6.42 Å². The monoisotopic (exact) mass is 413 g/mol. The fourth-order valence-electron chi connectivity index (χ4n) is 4.14. The van der Waals surface area contributed by atoms with Crippen molar-refractivity contribution < 1.29 is 9.18 Å². The van der Waals surface area contributed by atoms with Crippen LogP contribution < -0.4 is 0 Å². The van der Waals surface area contributed by atoms with Crippen LogP contribution in [0.5, 0.6) is 0 Å². The lowest BCUT2D eigenvalue weighted by Crippen LogP contribution is -2.40. The molecule has 4 heteroatoms. The molecule has 0 bridgehead atoms. The summed E-state index contributed by atoms with van der Waals surface area (Å²) in [4.78, 5) is 16.7. The molecule has 1 amide bonds. The number of hydrogen-bond donors (Lipinski definition) is 0. The van der Waals surface area contributed by atoms with E-state index in [1.54, 1.807) is 23.5 Å². The summed E-state index contributed by atoms with van der Waals surface area (Å²) in [6.45, 7) is 0.648. The molecule has 0 radical (unpaired) electrons. The summed E-state index contributed by atoms with van der Waals surface area (Å²) in [5.41, 5.74) is 4.96. The van der Waals surface area contributed by atoms with Crippen LogP contribution in [0.25, 0.3) is 11.1 Å². The zero-order chi connectivity index (χ0) is 20.5. The topological polar surface area (TPSA) is 20.3 Å². The van der Waals surface area contributed by atoms with Crippen molar-refractivity contribution in [1.82, 2.24) is 4.90 Å². The molecule has 0 fully saturated rings. The number of rotatable bonds is 3. The molecule has 0 N–H and O–H groups in total. The number of amides is 1. The van der Waals surface area contributed by atoms with E-state index in [4.69, 9.17) is 0 Å². The van der Waals surface area contributed by atoms with Crippen LogP contribution in [0.4, 0.5) is 4.39 Å². The molecule has 0 spiro atoms. The zero-order valence-electron chi connectivity index (χ0n) is 16.3. The summed E-state index contributed by atoms with van der Waals surface area (Å²) in [5.74, 6) is -0.268. The van der Waals surface area contributed by atoms with E-state index in [0.717, 1.165) is 28.7 Å². The van der Waals surface area contributed by atoms with E-state index in [1.165, 1.54) is 17.0 Å². The minimum atomic E-state index is -0.269. The van der Waals surface area contributed by atoms with Gasteiger partial charge >= 0.3 is 0 Å². The first-order chi connectivity index (χ1) is 14.7. The minimum Gasteiger partial charge on any atom is -0.327 e. The molecule has 3 aromatic carbocycles. The second-order valence-corrected chi connectivity index (χ2v) is 8.45. The Morgan fingerprint density at radius 3 is 2.30 bits per heavy atom. The molecule has 1 aliphatic rings. The van der Waals surface area contributed by atoms with Gasteiger partial charge in [0.15, 0.2) is 0 Å². The molecule has 0 aliphatic carbocycles. The first-order valence-electron chi connectivity index (χ1n) is 9.99. The van der Waals surface area contributed by atoms with Crippen molar-refractivity contribution >= 4 is 17.2 Å². The number of thiophene rings is 1. The molecule has 30 heavy (non-hydrogen) atoms. The van der Waals surface area contributed by atoms with Crippen LogP contribution >= 0.6 is 11.3 Å². The van der Waals surface area contributed by atoms with Crippen molar-refractivity contribution in [3.05, 3.63) is 118 Å². The highest BCUT2D eigenvalue weighted by Crippen LogP contribution is 2.38. The lowest BCUT2D eigenvalue weighted by Gasteiger charge is -2.36. The van der Waals surface area contributed by atoms with E-state index in [0.29, 0.717) is 12.1 Å². The summed E-state index contributed by atoms with van der Waals surface area (Å²) in [6.07, 6.45) is 0.846. The number of nitrogens with zero attached hydrogens (tertiary/aromatic N) is 1. The van der Waals surface area contributed by atoms with Crippen molar-refractivity contribution in [1.29, 1.82) is 0 Å². The van der Waals surface area contributed by atoms with Crippen molar-refractivity contribution in [3.63, 3.8) is 0 Å². The third-order valence-electron chi connectivity index (χ3n) is 5.65. The maximum Gasteiger partial charge on any atom is 0.254 e. The van der Waals surface area contributed by atoms with Gasteiger partial charge in [0.2, 0.25) is 0 Å². The largest absolute Gasteiger partial charge is 0.327 e. The molecule has 1 atom stereocenters. The Morgan fingerprint density at radius 1 is 0.867 bits per heavy atom. The maximum atomic E-state index is 13.5. The fraction of sp³-hybridized carbons (Fsp3) is 0.115. The third kappa shape index (κ3) is 3.44. The van der Waals surface area contributed by atoms with E-state index >= 15 is 0 Å². The predicted molar refractivity (Wildman–Crippen MR) is 119 cm³/mol. The van der Waals surface area contributed by atoms with E-state index < -0.39 is 0 Å². The maximum absolute atomic E-state index is 13.5. The number of carbonyl (C=O) groups excluding carboxylic acids is 1. The molecule has 5 rings (SSSR count). The second kappa shape index (κ2) is 7.88. The highest BCUT2D eigenvalue weighted by atomic mass is 32.1. The van der Waals surface area contributed by atoms with Crippen LogP contribution in [0.1, 0.15) is 32.4 Å².